The normalized spacial score (nSPS) is 10.2. The standard InChI is InChI=1S/C8H15O/c1-4-8(5-2)6-7(3)9/h8H,3-6H2,1-2H3. The van der Waals surface area contributed by atoms with Crippen LogP contribution < -0.4 is 0 Å². The highest BCUT2D eigenvalue weighted by Gasteiger charge is 2.04. The van der Waals surface area contributed by atoms with Gasteiger partial charge in [-0.3, -0.25) is 4.79 Å². The Kier molecular flexibility index (Phi) is 4.37. The molecule has 1 heteroatoms. The highest BCUT2D eigenvalue weighted by Crippen LogP contribution is 2.11. The average molecular weight is 127 g/mol. The number of carbonyl (C=O) groups is 1. The number of Topliss-reactive ketones (excluding diaryl/α,β-unsaturated/α-hetero) is 1. The van der Waals surface area contributed by atoms with E-state index in [9.17, 15) is 4.79 Å². The molecule has 0 amide bonds. The van der Waals surface area contributed by atoms with E-state index in [0.717, 1.165) is 12.8 Å². The molecule has 1 nitrogen and oxygen atoms in total. The molecule has 9 heavy (non-hydrogen) atoms. The second-order valence-corrected chi connectivity index (χ2v) is 2.43. The van der Waals surface area contributed by atoms with Crippen molar-refractivity contribution >= 4 is 5.78 Å². The van der Waals surface area contributed by atoms with Crippen molar-refractivity contribution in [2.45, 2.75) is 33.1 Å². The van der Waals surface area contributed by atoms with Gasteiger partial charge in [0.2, 0.25) is 0 Å². The molecule has 0 aliphatic carbocycles. The van der Waals surface area contributed by atoms with Crippen LogP contribution in [0.3, 0.4) is 0 Å². The summed E-state index contributed by atoms with van der Waals surface area (Å²) in [6, 6.07) is 0. The maximum Gasteiger partial charge on any atom is 0.133 e. The van der Waals surface area contributed by atoms with Crippen molar-refractivity contribution in [2.24, 2.45) is 5.92 Å². The van der Waals surface area contributed by atoms with E-state index in [2.05, 4.69) is 20.8 Å². The van der Waals surface area contributed by atoms with E-state index < -0.39 is 0 Å². The van der Waals surface area contributed by atoms with E-state index in [1.54, 1.807) is 0 Å². The molecule has 0 rings (SSSR count). The lowest BCUT2D eigenvalue weighted by Crippen LogP contribution is -2.02. The zero-order valence-electron chi connectivity index (χ0n) is 6.31. The highest BCUT2D eigenvalue weighted by atomic mass is 16.1. The van der Waals surface area contributed by atoms with Crippen LogP contribution in [0.25, 0.3) is 0 Å². The average Bonchev–Trinajstić information content (AvgIpc) is 1.82. The molecular formula is C8H15O. The molecule has 0 unspecified atom stereocenters. The van der Waals surface area contributed by atoms with Crippen molar-refractivity contribution in [2.75, 3.05) is 0 Å². The molecule has 0 saturated heterocycles. The number of hydrogen-bond donors (Lipinski definition) is 0. The van der Waals surface area contributed by atoms with Crippen molar-refractivity contribution in [3.05, 3.63) is 6.92 Å². The smallest absolute Gasteiger partial charge is 0.133 e. The first-order valence-electron chi connectivity index (χ1n) is 3.55. The number of rotatable bonds is 4. The second kappa shape index (κ2) is 4.54. The Morgan fingerprint density at radius 2 is 1.89 bits per heavy atom. The summed E-state index contributed by atoms with van der Waals surface area (Å²) in [5, 5.41) is 0. The third kappa shape index (κ3) is 4.19. The summed E-state index contributed by atoms with van der Waals surface area (Å²) in [6.45, 7) is 7.55. The third-order valence-electron chi connectivity index (χ3n) is 1.67. The van der Waals surface area contributed by atoms with Crippen molar-refractivity contribution in [3.63, 3.8) is 0 Å². The summed E-state index contributed by atoms with van der Waals surface area (Å²) < 4.78 is 0. The molecule has 1 radical (unpaired) electrons. The third-order valence-corrected chi connectivity index (χ3v) is 1.67. The van der Waals surface area contributed by atoms with Crippen molar-refractivity contribution in [3.8, 4) is 0 Å². The van der Waals surface area contributed by atoms with Gasteiger partial charge >= 0.3 is 0 Å². The quantitative estimate of drug-likeness (QED) is 0.566. The van der Waals surface area contributed by atoms with Gasteiger partial charge in [-0.2, -0.15) is 0 Å². The van der Waals surface area contributed by atoms with Crippen LogP contribution in [0.5, 0.6) is 0 Å². The Hall–Kier alpha value is -0.330. The van der Waals surface area contributed by atoms with Gasteiger partial charge < -0.3 is 0 Å². The van der Waals surface area contributed by atoms with Gasteiger partial charge in [-0.1, -0.05) is 26.7 Å². The summed E-state index contributed by atoms with van der Waals surface area (Å²) in [7, 11) is 0. The zero-order valence-corrected chi connectivity index (χ0v) is 6.31. The van der Waals surface area contributed by atoms with Gasteiger partial charge in [0.25, 0.3) is 0 Å². The minimum absolute atomic E-state index is 0.0729. The van der Waals surface area contributed by atoms with Crippen LogP contribution >= 0.6 is 0 Å². The summed E-state index contributed by atoms with van der Waals surface area (Å²) in [6.07, 6.45) is 2.85. The largest absolute Gasteiger partial charge is 0.300 e. The molecule has 0 aliphatic rings. The van der Waals surface area contributed by atoms with Crippen LogP contribution in [-0.2, 0) is 4.79 Å². The van der Waals surface area contributed by atoms with Gasteiger partial charge in [0.05, 0.1) is 0 Å². The lowest BCUT2D eigenvalue weighted by Gasteiger charge is -2.07. The van der Waals surface area contributed by atoms with Crippen molar-refractivity contribution in [1.82, 2.24) is 0 Å². The molecular weight excluding hydrogens is 112 g/mol. The molecule has 0 aromatic carbocycles. The van der Waals surface area contributed by atoms with Crippen LogP contribution in [0.4, 0.5) is 0 Å². The predicted octanol–water partition coefficient (Wildman–Crippen LogP) is 2.22. The number of carbonyl (C=O) groups excluding carboxylic acids is 1. The Bertz CT molecular complexity index is 82.6. The van der Waals surface area contributed by atoms with Gasteiger partial charge in [0, 0.05) is 13.3 Å². The fraction of sp³-hybridized carbons (Fsp3) is 0.750. The first kappa shape index (κ1) is 8.67. The van der Waals surface area contributed by atoms with Gasteiger partial charge in [0.1, 0.15) is 5.78 Å². The first-order chi connectivity index (χ1) is 4.20. The molecule has 0 bridgehead atoms. The highest BCUT2D eigenvalue weighted by molar-refractivity contribution is 5.82. The molecule has 53 valence electrons. The minimum Gasteiger partial charge on any atom is -0.300 e. The van der Waals surface area contributed by atoms with Gasteiger partial charge in [-0.05, 0) is 5.92 Å². The van der Waals surface area contributed by atoms with E-state index >= 15 is 0 Å². The Balaban J connectivity index is 3.43. The van der Waals surface area contributed by atoms with E-state index in [0.29, 0.717) is 12.3 Å². The van der Waals surface area contributed by atoms with Crippen molar-refractivity contribution in [1.29, 1.82) is 0 Å². The topological polar surface area (TPSA) is 17.1 Å². The van der Waals surface area contributed by atoms with Crippen LogP contribution in [0.1, 0.15) is 33.1 Å². The summed E-state index contributed by atoms with van der Waals surface area (Å²) in [5.74, 6) is 0.638. The molecule has 0 aliphatic heterocycles. The Labute approximate surface area is 57.5 Å². The van der Waals surface area contributed by atoms with E-state index in [-0.39, 0.29) is 5.78 Å². The van der Waals surface area contributed by atoms with Gasteiger partial charge in [-0.15, -0.1) is 0 Å². The van der Waals surface area contributed by atoms with Gasteiger partial charge in [0.15, 0.2) is 0 Å². The molecule has 0 heterocycles. The second-order valence-electron chi connectivity index (χ2n) is 2.43. The zero-order chi connectivity index (χ0) is 7.28. The number of hydrogen-bond acceptors (Lipinski definition) is 1. The van der Waals surface area contributed by atoms with Gasteiger partial charge in [-0.25, -0.2) is 0 Å². The predicted molar refractivity (Wildman–Crippen MR) is 39.1 cm³/mol. The van der Waals surface area contributed by atoms with Crippen LogP contribution in [0.15, 0.2) is 0 Å². The summed E-state index contributed by atoms with van der Waals surface area (Å²) in [4.78, 5) is 10.5. The minimum atomic E-state index is 0.0729. The molecule has 0 atom stereocenters. The van der Waals surface area contributed by atoms with Crippen molar-refractivity contribution < 1.29 is 4.79 Å². The summed E-state index contributed by atoms with van der Waals surface area (Å²) >= 11 is 0. The van der Waals surface area contributed by atoms with E-state index in [4.69, 9.17) is 0 Å². The molecule has 0 spiro atoms. The first-order valence-corrected chi connectivity index (χ1v) is 3.55. The molecule has 0 aromatic heterocycles. The summed E-state index contributed by atoms with van der Waals surface area (Å²) in [5.41, 5.74) is 0. The maximum absolute atomic E-state index is 10.5. The Morgan fingerprint density at radius 3 is 2.00 bits per heavy atom. The SMILES string of the molecule is [CH2]C(=O)CC(CC)CC. The van der Waals surface area contributed by atoms with E-state index in [1.807, 2.05) is 0 Å². The fourth-order valence-electron chi connectivity index (χ4n) is 0.899. The molecule has 0 fully saturated rings. The van der Waals surface area contributed by atoms with Crippen LogP contribution in [0.2, 0.25) is 0 Å². The maximum atomic E-state index is 10.5. The fourth-order valence-corrected chi connectivity index (χ4v) is 0.899. The number of ketones is 1. The Morgan fingerprint density at radius 1 is 1.44 bits per heavy atom. The lowest BCUT2D eigenvalue weighted by molar-refractivity contribution is -0.115. The monoisotopic (exact) mass is 127 g/mol. The lowest BCUT2D eigenvalue weighted by atomic mass is 9.98. The molecule has 0 saturated carbocycles. The van der Waals surface area contributed by atoms with E-state index in [1.165, 1.54) is 0 Å². The van der Waals surface area contributed by atoms with Crippen LogP contribution in [0, 0.1) is 12.8 Å². The molecule has 0 aromatic rings. The van der Waals surface area contributed by atoms with Crippen LogP contribution in [-0.4, -0.2) is 5.78 Å². The molecule has 0 N–H and O–H groups in total.